The fourth-order valence-electron chi connectivity index (χ4n) is 0.918. The van der Waals surface area contributed by atoms with Gasteiger partial charge in [-0.15, -0.1) is 0 Å². The Balaban J connectivity index is 3.66. The molecule has 0 rings (SSSR count). The van der Waals surface area contributed by atoms with Crippen LogP contribution < -0.4 is 0 Å². The fraction of sp³-hybridized carbons (Fsp3) is 0.308. The van der Waals surface area contributed by atoms with E-state index in [1.807, 2.05) is 0 Å². The Morgan fingerprint density at radius 1 is 0.750 bits per heavy atom. The number of hydrogen-bond acceptors (Lipinski definition) is 3. The van der Waals surface area contributed by atoms with E-state index in [-0.39, 0.29) is 19.0 Å². The van der Waals surface area contributed by atoms with E-state index in [0.717, 1.165) is 0 Å². The SMILES string of the molecule is O=C(CC=CC=CCO)CC=CC=CCO. The second-order valence-electron chi connectivity index (χ2n) is 3.02. The summed E-state index contributed by atoms with van der Waals surface area (Å²) in [4.78, 5) is 11.3. The van der Waals surface area contributed by atoms with Gasteiger partial charge in [0.15, 0.2) is 0 Å². The van der Waals surface area contributed by atoms with Crippen LogP contribution in [0.5, 0.6) is 0 Å². The molecule has 0 radical (unpaired) electrons. The van der Waals surface area contributed by atoms with Crippen LogP contribution in [0.25, 0.3) is 0 Å². The minimum atomic E-state index is 0.0121. The normalized spacial score (nSPS) is 12.6. The van der Waals surface area contributed by atoms with Gasteiger partial charge in [-0.25, -0.2) is 0 Å². The smallest absolute Gasteiger partial charge is 0.140 e. The summed E-state index contributed by atoms with van der Waals surface area (Å²) in [5.41, 5.74) is 0. The average molecular weight is 222 g/mol. The van der Waals surface area contributed by atoms with Crippen molar-refractivity contribution < 1.29 is 15.0 Å². The summed E-state index contributed by atoms with van der Waals surface area (Å²) in [6.45, 7) is 0.0242. The lowest BCUT2D eigenvalue weighted by Crippen LogP contribution is -1.91. The quantitative estimate of drug-likeness (QED) is 0.612. The monoisotopic (exact) mass is 222 g/mol. The van der Waals surface area contributed by atoms with Crippen LogP contribution in [0.2, 0.25) is 0 Å². The maximum absolute atomic E-state index is 11.3. The third kappa shape index (κ3) is 10.6. The zero-order valence-electron chi connectivity index (χ0n) is 9.25. The number of Topliss-reactive ketones (excluding diaryl/α,β-unsaturated/α-hetero) is 1. The number of ketones is 1. The maximum Gasteiger partial charge on any atom is 0.140 e. The van der Waals surface area contributed by atoms with Crippen LogP contribution in [0.15, 0.2) is 48.6 Å². The Bertz CT molecular complexity index is 258. The Kier molecular flexibility index (Phi) is 10.6. The van der Waals surface area contributed by atoms with E-state index in [4.69, 9.17) is 10.2 Å². The van der Waals surface area contributed by atoms with Gasteiger partial charge in [0, 0.05) is 12.8 Å². The van der Waals surface area contributed by atoms with Gasteiger partial charge in [0.05, 0.1) is 13.2 Å². The van der Waals surface area contributed by atoms with E-state index in [0.29, 0.717) is 12.8 Å². The topological polar surface area (TPSA) is 57.5 Å². The van der Waals surface area contributed by atoms with E-state index in [2.05, 4.69) is 0 Å². The second kappa shape index (κ2) is 11.6. The number of rotatable bonds is 8. The van der Waals surface area contributed by atoms with Crippen LogP contribution in [-0.2, 0) is 4.79 Å². The van der Waals surface area contributed by atoms with Gasteiger partial charge in [-0.3, -0.25) is 4.79 Å². The predicted molar refractivity (Wildman–Crippen MR) is 65.0 cm³/mol. The second-order valence-corrected chi connectivity index (χ2v) is 3.02. The molecule has 0 amide bonds. The highest BCUT2D eigenvalue weighted by Crippen LogP contribution is 1.94. The molecule has 0 saturated carbocycles. The molecule has 0 aromatic rings. The van der Waals surface area contributed by atoms with Gasteiger partial charge in [-0.1, -0.05) is 48.6 Å². The van der Waals surface area contributed by atoms with E-state index in [1.165, 1.54) is 0 Å². The molecule has 0 unspecified atom stereocenters. The summed E-state index contributed by atoms with van der Waals surface area (Å²) in [5, 5.41) is 16.9. The Morgan fingerprint density at radius 3 is 1.50 bits per heavy atom. The molecule has 0 atom stereocenters. The number of allylic oxidation sites excluding steroid dienone is 6. The third-order valence-corrected chi connectivity index (χ3v) is 1.67. The summed E-state index contributed by atoms with van der Waals surface area (Å²) < 4.78 is 0. The molecule has 16 heavy (non-hydrogen) atoms. The minimum Gasteiger partial charge on any atom is -0.392 e. The Labute approximate surface area is 96.1 Å². The molecule has 0 spiro atoms. The molecule has 0 aliphatic heterocycles. The fourth-order valence-corrected chi connectivity index (χ4v) is 0.918. The first-order valence-electron chi connectivity index (χ1n) is 5.18. The molecule has 88 valence electrons. The first-order chi connectivity index (χ1) is 7.81. The molecule has 3 nitrogen and oxygen atoms in total. The van der Waals surface area contributed by atoms with Gasteiger partial charge in [0.1, 0.15) is 5.78 Å². The molecule has 0 aromatic carbocycles. The summed E-state index contributed by atoms with van der Waals surface area (Å²) >= 11 is 0. The first kappa shape index (κ1) is 14.6. The molecule has 0 fully saturated rings. The molecule has 0 saturated heterocycles. The van der Waals surface area contributed by atoms with Crippen molar-refractivity contribution in [2.75, 3.05) is 13.2 Å². The number of carbonyl (C=O) groups is 1. The van der Waals surface area contributed by atoms with E-state index in [1.54, 1.807) is 48.6 Å². The molecule has 0 aliphatic rings. The van der Waals surface area contributed by atoms with E-state index in [9.17, 15) is 4.79 Å². The van der Waals surface area contributed by atoms with Crippen LogP contribution in [0, 0.1) is 0 Å². The van der Waals surface area contributed by atoms with Crippen molar-refractivity contribution in [3.8, 4) is 0 Å². The van der Waals surface area contributed by atoms with Gasteiger partial charge in [-0.2, -0.15) is 0 Å². The zero-order chi connectivity index (χ0) is 12.1. The lowest BCUT2D eigenvalue weighted by Gasteiger charge is -1.89. The molecule has 0 heterocycles. The third-order valence-electron chi connectivity index (χ3n) is 1.67. The standard InChI is InChI=1S/C13H18O3/c14-11-7-3-1-5-9-13(16)10-6-2-4-8-12-15/h1-8,14-15H,9-12H2. The minimum absolute atomic E-state index is 0.0121. The number of aliphatic hydroxyl groups excluding tert-OH is 2. The highest BCUT2D eigenvalue weighted by molar-refractivity contribution is 5.81. The number of carbonyl (C=O) groups excluding carboxylic acids is 1. The summed E-state index contributed by atoms with van der Waals surface area (Å²) in [6, 6.07) is 0. The summed E-state index contributed by atoms with van der Waals surface area (Å²) in [7, 11) is 0. The van der Waals surface area contributed by atoms with Gasteiger partial charge in [-0.05, 0) is 0 Å². The molecule has 3 heteroatoms. The zero-order valence-corrected chi connectivity index (χ0v) is 9.25. The summed E-state index contributed by atoms with van der Waals surface area (Å²) in [5.74, 6) is 0.127. The van der Waals surface area contributed by atoms with Crippen molar-refractivity contribution in [3.05, 3.63) is 48.6 Å². The first-order valence-corrected chi connectivity index (χ1v) is 5.18. The molecular formula is C13H18O3. The van der Waals surface area contributed by atoms with Crippen LogP contribution >= 0.6 is 0 Å². The Morgan fingerprint density at radius 2 is 1.12 bits per heavy atom. The van der Waals surface area contributed by atoms with Crippen molar-refractivity contribution in [1.29, 1.82) is 0 Å². The van der Waals surface area contributed by atoms with Crippen LogP contribution in [-0.4, -0.2) is 29.2 Å². The van der Waals surface area contributed by atoms with Crippen LogP contribution in [0.4, 0.5) is 0 Å². The van der Waals surface area contributed by atoms with E-state index < -0.39 is 0 Å². The van der Waals surface area contributed by atoms with Crippen LogP contribution in [0.3, 0.4) is 0 Å². The molecule has 0 aromatic heterocycles. The predicted octanol–water partition coefficient (Wildman–Crippen LogP) is 1.55. The van der Waals surface area contributed by atoms with Gasteiger partial charge in [0.2, 0.25) is 0 Å². The van der Waals surface area contributed by atoms with E-state index >= 15 is 0 Å². The van der Waals surface area contributed by atoms with Gasteiger partial charge < -0.3 is 10.2 Å². The maximum atomic E-state index is 11.3. The Hall–Kier alpha value is -1.45. The highest BCUT2D eigenvalue weighted by atomic mass is 16.3. The lowest BCUT2D eigenvalue weighted by molar-refractivity contribution is -0.117. The van der Waals surface area contributed by atoms with Crippen molar-refractivity contribution in [2.24, 2.45) is 0 Å². The molecule has 0 bridgehead atoms. The van der Waals surface area contributed by atoms with Crippen molar-refractivity contribution in [3.63, 3.8) is 0 Å². The lowest BCUT2D eigenvalue weighted by atomic mass is 10.2. The van der Waals surface area contributed by atoms with Crippen molar-refractivity contribution >= 4 is 5.78 Å². The largest absolute Gasteiger partial charge is 0.392 e. The number of aliphatic hydroxyl groups is 2. The van der Waals surface area contributed by atoms with Crippen LogP contribution in [0.1, 0.15) is 12.8 Å². The van der Waals surface area contributed by atoms with Crippen molar-refractivity contribution in [1.82, 2.24) is 0 Å². The molecular weight excluding hydrogens is 204 g/mol. The van der Waals surface area contributed by atoms with Crippen molar-refractivity contribution in [2.45, 2.75) is 12.8 Å². The van der Waals surface area contributed by atoms with Gasteiger partial charge >= 0.3 is 0 Å². The average Bonchev–Trinajstić information content (AvgIpc) is 2.28. The molecule has 0 aliphatic carbocycles. The molecule has 2 N–H and O–H groups in total. The number of hydrogen-bond donors (Lipinski definition) is 2. The van der Waals surface area contributed by atoms with Gasteiger partial charge in [0.25, 0.3) is 0 Å². The summed E-state index contributed by atoms with van der Waals surface area (Å²) in [6.07, 6.45) is 14.4. The highest BCUT2D eigenvalue weighted by Gasteiger charge is 1.93.